The Balaban J connectivity index is 2.16. The van der Waals surface area contributed by atoms with Gasteiger partial charge in [-0.25, -0.2) is 9.37 Å². The molecule has 0 amide bonds. The molecule has 0 saturated heterocycles. The van der Waals surface area contributed by atoms with Crippen LogP contribution in [0.4, 0.5) is 4.39 Å². The van der Waals surface area contributed by atoms with E-state index in [1.807, 2.05) is 19.1 Å². The van der Waals surface area contributed by atoms with Crippen molar-refractivity contribution in [2.24, 2.45) is 0 Å². The van der Waals surface area contributed by atoms with Gasteiger partial charge in [0, 0.05) is 11.6 Å². The van der Waals surface area contributed by atoms with E-state index in [1.54, 1.807) is 12.1 Å². The quantitative estimate of drug-likeness (QED) is 0.713. The molecule has 18 heavy (non-hydrogen) atoms. The molecule has 0 spiro atoms. The molecule has 0 radical (unpaired) electrons. The summed E-state index contributed by atoms with van der Waals surface area (Å²) in [6.07, 6.45) is 0. The van der Waals surface area contributed by atoms with Crippen LogP contribution in [0.2, 0.25) is 0 Å². The molecule has 1 heterocycles. The van der Waals surface area contributed by atoms with Crippen molar-refractivity contribution in [1.29, 1.82) is 0 Å². The molecule has 0 aliphatic carbocycles. The van der Waals surface area contributed by atoms with Crippen molar-refractivity contribution >= 4 is 21.6 Å². The Morgan fingerprint density at radius 1 is 1.17 bits per heavy atom. The summed E-state index contributed by atoms with van der Waals surface area (Å²) in [5.74, 6) is -0.00728. The zero-order valence-electron chi connectivity index (χ0n) is 9.64. The van der Waals surface area contributed by atoms with E-state index >= 15 is 0 Å². The molecule has 3 aromatic rings. The number of aromatic hydroxyl groups is 1. The number of phenols is 1. The van der Waals surface area contributed by atoms with E-state index in [1.165, 1.54) is 23.5 Å². The summed E-state index contributed by atoms with van der Waals surface area (Å²) >= 11 is 1.51. The van der Waals surface area contributed by atoms with E-state index in [4.69, 9.17) is 0 Å². The first kappa shape index (κ1) is 11.2. The van der Waals surface area contributed by atoms with E-state index < -0.39 is 0 Å². The average molecular weight is 259 g/mol. The Morgan fingerprint density at radius 3 is 2.78 bits per heavy atom. The van der Waals surface area contributed by atoms with Crippen molar-refractivity contribution in [3.05, 3.63) is 47.8 Å². The molecule has 90 valence electrons. The van der Waals surface area contributed by atoms with Gasteiger partial charge < -0.3 is 5.11 Å². The number of phenolic OH excluding ortho intramolecular Hbond substituents is 1. The van der Waals surface area contributed by atoms with Crippen LogP contribution in [-0.2, 0) is 0 Å². The minimum absolute atomic E-state index is 0.269. The van der Waals surface area contributed by atoms with Gasteiger partial charge in [0.25, 0.3) is 0 Å². The molecule has 2 aromatic carbocycles. The van der Waals surface area contributed by atoms with Crippen LogP contribution in [0.3, 0.4) is 0 Å². The number of benzene rings is 2. The van der Waals surface area contributed by atoms with Crippen molar-refractivity contribution in [3.63, 3.8) is 0 Å². The highest BCUT2D eigenvalue weighted by Gasteiger charge is 2.08. The first-order valence-electron chi connectivity index (χ1n) is 5.49. The highest BCUT2D eigenvalue weighted by atomic mass is 32.1. The van der Waals surface area contributed by atoms with Gasteiger partial charge in [0.05, 0.1) is 10.2 Å². The maximum Gasteiger partial charge on any atom is 0.125 e. The molecular formula is C14H10FNOS. The number of rotatable bonds is 1. The van der Waals surface area contributed by atoms with Crippen LogP contribution in [0.1, 0.15) is 5.56 Å². The number of hydrogen-bond acceptors (Lipinski definition) is 3. The predicted molar refractivity (Wildman–Crippen MR) is 71.4 cm³/mol. The minimum Gasteiger partial charge on any atom is -0.508 e. The van der Waals surface area contributed by atoms with Gasteiger partial charge in [0.1, 0.15) is 16.6 Å². The lowest BCUT2D eigenvalue weighted by molar-refractivity contribution is 0.471. The lowest BCUT2D eigenvalue weighted by atomic mass is 10.1. The third-order valence-electron chi connectivity index (χ3n) is 2.79. The average Bonchev–Trinajstić information content (AvgIpc) is 2.75. The Labute approximate surface area is 107 Å². The standard InChI is InChI=1S/C14H10FNOS/c1-8-6-9(2-4-12(8)17)14-16-11-7-10(15)3-5-13(11)18-14/h2-7,17H,1H3. The molecule has 2 nitrogen and oxygen atoms in total. The van der Waals surface area contributed by atoms with Gasteiger partial charge in [0.15, 0.2) is 0 Å². The maximum absolute atomic E-state index is 13.1. The molecule has 0 atom stereocenters. The molecule has 1 N–H and O–H groups in total. The minimum atomic E-state index is -0.277. The Morgan fingerprint density at radius 2 is 2.00 bits per heavy atom. The Kier molecular flexibility index (Phi) is 2.52. The fourth-order valence-corrected chi connectivity index (χ4v) is 2.75. The number of aryl methyl sites for hydroxylation is 1. The molecule has 0 aliphatic rings. The summed E-state index contributed by atoms with van der Waals surface area (Å²) in [5.41, 5.74) is 2.41. The van der Waals surface area contributed by atoms with Crippen LogP contribution >= 0.6 is 11.3 Å². The number of hydrogen-bond donors (Lipinski definition) is 1. The molecule has 1 aromatic heterocycles. The largest absolute Gasteiger partial charge is 0.508 e. The normalized spacial score (nSPS) is 11.0. The van der Waals surface area contributed by atoms with Gasteiger partial charge in [-0.05, 0) is 42.8 Å². The van der Waals surface area contributed by atoms with Crippen LogP contribution < -0.4 is 0 Å². The summed E-state index contributed by atoms with van der Waals surface area (Å²) in [4.78, 5) is 4.41. The summed E-state index contributed by atoms with van der Waals surface area (Å²) in [6, 6.07) is 9.95. The van der Waals surface area contributed by atoms with Gasteiger partial charge in [-0.3, -0.25) is 0 Å². The summed E-state index contributed by atoms with van der Waals surface area (Å²) in [5, 5.41) is 10.3. The van der Waals surface area contributed by atoms with Crippen molar-refractivity contribution in [1.82, 2.24) is 4.98 Å². The van der Waals surface area contributed by atoms with Gasteiger partial charge in [-0.15, -0.1) is 11.3 Å². The van der Waals surface area contributed by atoms with E-state index in [2.05, 4.69) is 4.98 Å². The van der Waals surface area contributed by atoms with E-state index in [-0.39, 0.29) is 11.6 Å². The number of thiazole rings is 1. The predicted octanol–water partition coefficient (Wildman–Crippen LogP) is 4.12. The van der Waals surface area contributed by atoms with E-state index in [0.29, 0.717) is 5.52 Å². The van der Waals surface area contributed by atoms with Crippen LogP contribution in [0.5, 0.6) is 5.75 Å². The summed E-state index contributed by atoms with van der Waals surface area (Å²) in [6.45, 7) is 1.84. The molecule has 4 heteroatoms. The Bertz CT molecular complexity index is 736. The van der Waals surface area contributed by atoms with Gasteiger partial charge in [0.2, 0.25) is 0 Å². The molecule has 3 rings (SSSR count). The zero-order chi connectivity index (χ0) is 12.7. The number of nitrogens with zero attached hydrogens (tertiary/aromatic N) is 1. The summed E-state index contributed by atoms with van der Waals surface area (Å²) in [7, 11) is 0. The van der Waals surface area contributed by atoms with Crippen molar-refractivity contribution in [2.75, 3.05) is 0 Å². The van der Waals surface area contributed by atoms with Crippen molar-refractivity contribution in [3.8, 4) is 16.3 Å². The van der Waals surface area contributed by atoms with E-state index in [9.17, 15) is 9.50 Å². The van der Waals surface area contributed by atoms with Crippen LogP contribution in [0.25, 0.3) is 20.8 Å². The molecule has 0 unspecified atom stereocenters. The Hall–Kier alpha value is -1.94. The fraction of sp³-hybridized carbons (Fsp3) is 0.0714. The molecular weight excluding hydrogens is 249 g/mol. The second-order valence-corrected chi connectivity index (χ2v) is 5.16. The number of fused-ring (bicyclic) bond motifs is 1. The van der Waals surface area contributed by atoms with Crippen molar-refractivity contribution < 1.29 is 9.50 Å². The molecule has 0 aliphatic heterocycles. The lowest BCUT2D eigenvalue weighted by Crippen LogP contribution is -1.79. The lowest BCUT2D eigenvalue weighted by Gasteiger charge is -2.00. The highest BCUT2D eigenvalue weighted by Crippen LogP contribution is 2.32. The van der Waals surface area contributed by atoms with Crippen LogP contribution in [0.15, 0.2) is 36.4 Å². The third-order valence-corrected chi connectivity index (χ3v) is 3.88. The third kappa shape index (κ3) is 1.84. The first-order valence-corrected chi connectivity index (χ1v) is 6.31. The van der Waals surface area contributed by atoms with Crippen LogP contribution in [-0.4, -0.2) is 10.1 Å². The maximum atomic E-state index is 13.1. The number of halogens is 1. The smallest absolute Gasteiger partial charge is 0.125 e. The first-order chi connectivity index (χ1) is 8.63. The zero-order valence-corrected chi connectivity index (χ0v) is 10.5. The van der Waals surface area contributed by atoms with Crippen LogP contribution in [0, 0.1) is 12.7 Å². The second kappa shape index (κ2) is 4.07. The molecule has 0 fully saturated rings. The van der Waals surface area contributed by atoms with Crippen molar-refractivity contribution in [2.45, 2.75) is 6.92 Å². The molecule has 0 saturated carbocycles. The monoisotopic (exact) mass is 259 g/mol. The van der Waals surface area contributed by atoms with Gasteiger partial charge in [-0.1, -0.05) is 0 Å². The second-order valence-electron chi connectivity index (χ2n) is 4.13. The highest BCUT2D eigenvalue weighted by molar-refractivity contribution is 7.21. The molecule has 0 bridgehead atoms. The van der Waals surface area contributed by atoms with Gasteiger partial charge in [-0.2, -0.15) is 0 Å². The number of aromatic nitrogens is 1. The SMILES string of the molecule is Cc1cc(-c2nc3cc(F)ccc3s2)ccc1O. The van der Waals surface area contributed by atoms with Gasteiger partial charge >= 0.3 is 0 Å². The summed E-state index contributed by atoms with van der Waals surface area (Å²) < 4.78 is 14.1. The fourth-order valence-electron chi connectivity index (χ4n) is 1.81. The topological polar surface area (TPSA) is 33.1 Å². The van der Waals surface area contributed by atoms with E-state index in [0.717, 1.165) is 20.8 Å².